The monoisotopic (exact) mass is 204 g/mol. The average molecular weight is 204 g/mol. The van der Waals surface area contributed by atoms with Crippen molar-refractivity contribution >= 4 is 7.26 Å². The lowest BCUT2D eigenvalue weighted by molar-refractivity contribution is 0.762. The molecule has 1 N–H and O–H groups in total. The van der Waals surface area contributed by atoms with Crippen LogP contribution in [0.4, 0.5) is 0 Å². The van der Waals surface area contributed by atoms with Crippen molar-refractivity contribution in [2.45, 2.75) is 33.6 Å². The van der Waals surface area contributed by atoms with E-state index < -0.39 is 7.26 Å². The molecule has 80 valence electrons. The maximum absolute atomic E-state index is 3.45. The van der Waals surface area contributed by atoms with Gasteiger partial charge in [-0.3, -0.25) is 0 Å². The summed E-state index contributed by atoms with van der Waals surface area (Å²) in [5, 5.41) is 3.45. The van der Waals surface area contributed by atoms with Gasteiger partial charge in [-0.05, 0) is 19.4 Å². The molecule has 0 radical (unpaired) electrons. The van der Waals surface area contributed by atoms with Crippen molar-refractivity contribution in [2.24, 2.45) is 0 Å². The van der Waals surface area contributed by atoms with Gasteiger partial charge in [0.2, 0.25) is 0 Å². The highest BCUT2D eigenvalue weighted by atomic mass is 31.2. The molecular formula is C11H27NP+. The molecule has 0 aromatic heterocycles. The second kappa shape index (κ2) is 7.76. The molecule has 0 unspecified atom stereocenters. The molecular weight excluding hydrogens is 177 g/mol. The molecule has 2 heteroatoms. The molecule has 0 heterocycles. The van der Waals surface area contributed by atoms with E-state index in [1.165, 1.54) is 37.9 Å². The molecule has 0 saturated heterocycles. The third-order valence-electron chi connectivity index (χ3n) is 2.61. The van der Waals surface area contributed by atoms with Gasteiger partial charge in [0.1, 0.15) is 0 Å². The first-order chi connectivity index (χ1) is 6.18. The van der Waals surface area contributed by atoms with Gasteiger partial charge in [-0.15, -0.1) is 0 Å². The summed E-state index contributed by atoms with van der Waals surface area (Å²) in [5.74, 6) is 0. The first kappa shape index (κ1) is 13.4. The van der Waals surface area contributed by atoms with Gasteiger partial charge in [0.05, 0.1) is 18.5 Å². The highest BCUT2D eigenvalue weighted by Crippen LogP contribution is 2.55. The highest BCUT2D eigenvalue weighted by Gasteiger charge is 2.28. The van der Waals surface area contributed by atoms with Crippen LogP contribution in [-0.4, -0.2) is 38.2 Å². The average Bonchev–Trinajstić information content (AvgIpc) is 2.05. The molecule has 0 fully saturated rings. The van der Waals surface area contributed by atoms with Crippen LogP contribution < -0.4 is 5.32 Å². The van der Waals surface area contributed by atoms with Gasteiger partial charge in [-0.25, -0.2) is 0 Å². The van der Waals surface area contributed by atoms with Crippen molar-refractivity contribution in [3.05, 3.63) is 0 Å². The normalized spacial score (nSPS) is 12.0. The Kier molecular flexibility index (Phi) is 8.00. The molecule has 13 heavy (non-hydrogen) atoms. The fourth-order valence-corrected chi connectivity index (χ4v) is 5.47. The Labute approximate surface area is 85.0 Å². The first-order valence-electron chi connectivity index (χ1n) is 5.72. The van der Waals surface area contributed by atoms with Crippen molar-refractivity contribution in [2.75, 3.05) is 38.2 Å². The molecule has 0 spiro atoms. The van der Waals surface area contributed by atoms with Crippen LogP contribution in [0.5, 0.6) is 0 Å². The lowest BCUT2D eigenvalue weighted by Crippen LogP contribution is -2.21. The van der Waals surface area contributed by atoms with E-state index in [4.69, 9.17) is 0 Å². The lowest BCUT2D eigenvalue weighted by Gasteiger charge is -2.22. The van der Waals surface area contributed by atoms with Crippen LogP contribution >= 0.6 is 7.26 Å². The molecule has 0 rings (SSSR count). The predicted molar refractivity (Wildman–Crippen MR) is 66.6 cm³/mol. The quantitative estimate of drug-likeness (QED) is 0.473. The van der Waals surface area contributed by atoms with Crippen LogP contribution in [0.1, 0.15) is 33.6 Å². The zero-order chi connectivity index (χ0) is 10.2. The Balaban J connectivity index is 3.76. The lowest BCUT2D eigenvalue weighted by atomic mass is 10.6. The van der Waals surface area contributed by atoms with Crippen molar-refractivity contribution in [3.8, 4) is 0 Å². The maximum atomic E-state index is 3.45. The summed E-state index contributed by atoms with van der Waals surface area (Å²) < 4.78 is 0. The van der Waals surface area contributed by atoms with Crippen molar-refractivity contribution in [1.29, 1.82) is 0 Å². The second-order valence-corrected chi connectivity index (χ2v) is 8.72. The van der Waals surface area contributed by atoms with E-state index in [0.717, 1.165) is 6.54 Å². The minimum absolute atomic E-state index is 0.562. The summed E-state index contributed by atoms with van der Waals surface area (Å²) >= 11 is 0. The molecule has 0 aliphatic carbocycles. The van der Waals surface area contributed by atoms with Crippen LogP contribution in [0.15, 0.2) is 0 Å². The summed E-state index contributed by atoms with van der Waals surface area (Å²) in [6.07, 6.45) is 7.17. The Hall–Kier alpha value is 0.390. The van der Waals surface area contributed by atoms with E-state index in [1.54, 1.807) is 0 Å². The topological polar surface area (TPSA) is 12.0 Å². The molecule has 0 aliphatic rings. The highest BCUT2D eigenvalue weighted by molar-refractivity contribution is 7.75. The van der Waals surface area contributed by atoms with E-state index in [9.17, 15) is 0 Å². The van der Waals surface area contributed by atoms with Crippen molar-refractivity contribution in [1.82, 2.24) is 5.32 Å². The third kappa shape index (κ3) is 6.46. The number of nitrogens with one attached hydrogen (secondary N) is 1. The standard InChI is InChI=1S/C11H27NP/c1-5-9-13(4,10-6-2)11-8-12-7-3/h12H,5-11H2,1-4H3/q+1. The van der Waals surface area contributed by atoms with Gasteiger partial charge in [0.25, 0.3) is 0 Å². The van der Waals surface area contributed by atoms with Gasteiger partial charge in [-0.1, -0.05) is 20.8 Å². The summed E-state index contributed by atoms with van der Waals surface area (Å²) in [6, 6.07) is 0. The summed E-state index contributed by atoms with van der Waals surface area (Å²) in [5.41, 5.74) is 0. The zero-order valence-electron chi connectivity index (χ0n) is 9.90. The smallest absolute Gasteiger partial charge is 0.0716 e. The Morgan fingerprint density at radius 3 is 1.85 bits per heavy atom. The van der Waals surface area contributed by atoms with Crippen LogP contribution in [0.25, 0.3) is 0 Å². The molecule has 0 aliphatic heterocycles. The molecule has 1 nitrogen and oxygen atoms in total. The largest absolute Gasteiger partial charge is 0.313 e. The predicted octanol–water partition coefficient (Wildman–Crippen LogP) is 3.06. The molecule has 0 bridgehead atoms. The zero-order valence-corrected chi connectivity index (χ0v) is 10.8. The second-order valence-electron chi connectivity index (χ2n) is 4.14. The number of hydrogen-bond donors (Lipinski definition) is 1. The fraction of sp³-hybridized carbons (Fsp3) is 1.00. The molecule has 0 aromatic carbocycles. The summed E-state index contributed by atoms with van der Waals surface area (Å²) in [4.78, 5) is 0. The van der Waals surface area contributed by atoms with E-state index in [-0.39, 0.29) is 0 Å². The Morgan fingerprint density at radius 1 is 0.923 bits per heavy atom. The van der Waals surface area contributed by atoms with Crippen LogP contribution in [0.3, 0.4) is 0 Å². The van der Waals surface area contributed by atoms with Crippen LogP contribution in [0, 0.1) is 0 Å². The fourth-order valence-electron chi connectivity index (χ4n) is 1.94. The first-order valence-corrected chi connectivity index (χ1v) is 8.52. The van der Waals surface area contributed by atoms with Crippen molar-refractivity contribution < 1.29 is 0 Å². The Bertz CT molecular complexity index is 109. The van der Waals surface area contributed by atoms with Crippen LogP contribution in [0.2, 0.25) is 0 Å². The van der Waals surface area contributed by atoms with Gasteiger partial charge in [0, 0.05) is 20.5 Å². The Morgan fingerprint density at radius 2 is 1.46 bits per heavy atom. The van der Waals surface area contributed by atoms with E-state index in [0.29, 0.717) is 0 Å². The molecule has 0 amide bonds. The van der Waals surface area contributed by atoms with E-state index >= 15 is 0 Å². The van der Waals surface area contributed by atoms with Gasteiger partial charge >= 0.3 is 0 Å². The summed E-state index contributed by atoms with van der Waals surface area (Å²) in [6.45, 7) is 11.7. The van der Waals surface area contributed by atoms with E-state index in [2.05, 4.69) is 32.8 Å². The van der Waals surface area contributed by atoms with Gasteiger partial charge in [-0.2, -0.15) is 0 Å². The number of rotatable bonds is 8. The van der Waals surface area contributed by atoms with Gasteiger partial charge < -0.3 is 5.32 Å². The van der Waals surface area contributed by atoms with Crippen LogP contribution in [-0.2, 0) is 0 Å². The van der Waals surface area contributed by atoms with E-state index in [1.807, 2.05) is 0 Å². The molecule has 0 atom stereocenters. The maximum Gasteiger partial charge on any atom is 0.0716 e. The molecule has 0 aromatic rings. The third-order valence-corrected chi connectivity index (χ3v) is 6.96. The minimum Gasteiger partial charge on any atom is -0.313 e. The SMILES string of the molecule is CCC[P+](C)(CCC)CCNCC. The van der Waals surface area contributed by atoms with Gasteiger partial charge in [0.15, 0.2) is 0 Å². The summed E-state index contributed by atoms with van der Waals surface area (Å²) in [7, 11) is -0.562. The molecule has 0 saturated carbocycles. The number of hydrogen-bond acceptors (Lipinski definition) is 1. The minimum atomic E-state index is -0.562. The van der Waals surface area contributed by atoms with Crippen molar-refractivity contribution in [3.63, 3.8) is 0 Å².